The third-order valence-corrected chi connectivity index (χ3v) is 3.48. The Bertz CT molecular complexity index is 425. The van der Waals surface area contributed by atoms with E-state index in [1.54, 1.807) is 23.5 Å². The normalized spacial score (nSPS) is 10.5. The number of rotatable bonds is 1. The maximum atomic E-state index is 6.06. The highest BCUT2D eigenvalue weighted by Gasteiger charge is 2.10. The van der Waals surface area contributed by atoms with E-state index >= 15 is 0 Å². The third-order valence-electron chi connectivity index (χ3n) is 1.77. The second kappa shape index (κ2) is 4.11. The Kier molecular flexibility index (Phi) is 3.03. The van der Waals surface area contributed by atoms with Crippen molar-refractivity contribution in [2.24, 2.45) is 0 Å². The highest BCUT2D eigenvalue weighted by Crippen LogP contribution is 2.39. The first-order valence-electron chi connectivity index (χ1n) is 3.87. The van der Waals surface area contributed by atoms with Crippen molar-refractivity contribution in [3.8, 4) is 10.4 Å². The van der Waals surface area contributed by atoms with Gasteiger partial charge in [-0.1, -0.05) is 40.9 Å². The number of thiophene rings is 1. The molecule has 1 heterocycles. The van der Waals surface area contributed by atoms with Crippen molar-refractivity contribution < 1.29 is 0 Å². The van der Waals surface area contributed by atoms with Crippen LogP contribution >= 0.6 is 46.1 Å². The Labute approximate surface area is 101 Å². The van der Waals surface area contributed by atoms with Crippen molar-refractivity contribution in [1.29, 1.82) is 0 Å². The minimum atomic E-state index is 0.556. The zero-order chi connectivity index (χ0) is 10.1. The Morgan fingerprint density at radius 3 is 2.14 bits per heavy atom. The van der Waals surface area contributed by atoms with E-state index in [4.69, 9.17) is 34.8 Å². The average molecular weight is 264 g/mol. The fraction of sp³-hybridized carbons (Fsp3) is 0. The van der Waals surface area contributed by atoms with Crippen LogP contribution in [0.3, 0.4) is 0 Å². The maximum Gasteiger partial charge on any atom is 0.0522 e. The van der Waals surface area contributed by atoms with Crippen molar-refractivity contribution in [2.45, 2.75) is 0 Å². The van der Waals surface area contributed by atoms with Crippen molar-refractivity contribution in [2.75, 3.05) is 0 Å². The van der Waals surface area contributed by atoms with Gasteiger partial charge in [-0.2, -0.15) is 0 Å². The van der Waals surface area contributed by atoms with E-state index in [9.17, 15) is 0 Å². The number of hydrogen-bond acceptors (Lipinski definition) is 1. The molecule has 1 aromatic carbocycles. The lowest BCUT2D eigenvalue weighted by atomic mass is 10.2. The molecule has 0 atom stereocenters. The van der Waals surface area contributed by atoms with Gasteiger partial charge in [0.15, 0.2) is 0 Å². The molecular formula is C10H5Cl3S. The van der Waals surface area contributed by atoms with Crippen LogP contribution in [0.1, 0.15) is 0 Å². The summed E-state index contributed by atoms with van der Waals surface area (Å²) in [6, 6.07) is 7.33. The summed E-state index contributed by atoms with van der Waals surface area (Å²) in [5.74, 6) is 0. The first kappa shape index (κ1) is 10.3. The van der Waals surface area contributed by atoms with E-state index in [2.05, 4.69) is 0 Å². The molecular weight excluding hydrogens is 259 g/mol. The van der Waals surface area contributed by atoms with E-state index in [0.717, 1.165) is 10.4 Å². The van der Waals surface area contributed by atoms with Gasteiger partial charge in [0.05, 0.1) is 10.0 Å². The molecule has 0 N–H and O–H groups in total. The molecule has 1 aromatic heterocycles. The molecule has 0 amide bonds. The van der Waals surface area contributed by atoms with Crippen LogP contribution in [0.25, 0.3) is 10.4 Å². The molecule has 0 bridgehead atoms. The van der Waals surface area contributed by atoms with E-state index in [1.807, 2.05) is 17.5 Å². The molecule has 2 rings (SSSR count). The molecule has 2 aromatic rings. The summed E-state index contributed by atoms with van der Waals surface area (Å²) in [6.45, 7) is 0. The van der Waals surface area contributed by atoms with Crippen LogP contribution in [-0.2, 0) is 0 Å². The summed E-state index contributed by atoms with van der Waals surface area (Å²) in [4.78, 5) is 1.05. The van der Waals surface area contributed by atoms with Gasteiger partial charge in [0.2, 0.25) is 0 Å². The topological polar surface area (TPSA) is 0 Å². The number of benzene rings is 1. The third kappa shape index (κ3) is 1.91. The average Bonchev–Trinajstić information content (AvgIpc) is 2.54. The van der Waals surface area contributed by atoms with Crippen LogP contribution in [0.5, 0.6) is 0 Å². The van der Waals surface area contributed by atoms with Crippen LogP contribution in [0.2, 0.25) is 15.1 Å². The van der Waals surface area contributed by atoms with E-state index in [-0.39, 0.29) is 0 Å². The van der Waals surface area contributed by atoms with Crippen molar-refractivity contribution >= 4 is 46.1 Å². The Morgan fingerprint density at radius 1 is 1.00 bits per heavy atom. The van der Waals surface area contributed by atoms with Crippen LogP contribution in [0.15, 0.2) is 29.6 Å². The largest absolute Gasteiger partial charge is 0.144 e. The molecule has 0 unspecified atom stereocenters. The van der Waals surface area contributed by atoms with Gasteiger partial charge in [0.1, 0.15) is 0 Å². The van der Waals surface area contributed by atoms with Crippen LogP contribution in [-0.4, -0.2) is 0 Å². The lowest BCUT2D eigenvalue weighted by Crippen LogP contribution is -1.78. The zero-order valence-electron chi connectivity index (χ0n) is 6.93. The minimum absolute atomic E-state index is 0.556. The Morgan fingerprint density at radius 2 is 1.64 bits per heavy atom. The summed E-state index contributed by atoms with van der Waals surface area (Å²) < 4.78 is 0. The molecule has 0 aliphatic heterocycles. The molecule has 0 saturated carbocycles. The molecule has 0 aliphatic rings. The second-order valence-electron chi connectivity index (χ2n) is 2.72. The lowest BCUT2D eigenvalue weighted by molar-refractivity contribution is 1.69. The minimum Gasteiger partial charge on any atom is -0.144 e. The maximum absolute atomic E-state index is 6.06. The molecule has 0 nitrogen and oxygen atoms in total. The molecule has 14 heavy (non-hydrogen) atoms. The molecule has 0 saturated heterocycles. The quantitative estimate of drug-likeness (QED) is 0.648. The standard InChI is InChI=1S/C10H5Cl3S/c11-6-4-7(12)10(8(13)5-6)9-2-1-3-14-9/h1-5H. The van der Waals surface area contributed by atoms with Gasteiger partial charge in [-0.05, 0) is 23.6 Å². The van der Waals surface area contributed by atoms with Crippen LogP contribution in [0.4, 0.5) is 0 Å². The SMILES string of the molecule is Clc1cc(Cl)c(-c2cccs2)c(Cl)c1. The molecule has 0 aliphatic carbocycles. The summed E-state index contributed by atoms with van der Waals surface area (Å²) >= 11 is 19.5. The van der Waals surface area contributed by atoms with Gasteiger partial charge in [0.25, 0.3) is 0 Å². The second-order valence-corrected chi connectivity index (χ2v) is 4.92. The van der Waals surface area contributed by atoms with Gasteiger partial charge >= 0.3 is 0 Å². The fourth-order valence-electron chi connectivity index (χ4n) is 1.20. The van der Waals surface area contributed by atoms with Gasteiger partial charge in [-0.15, -0.1) is 11.3 Å². The van der Waals surface area contributed by atoms with Crippen molar-refractivity contribution in [3.63, 3.8) is 0 Å². The summed E-state index contributed by atoms with van der Waals surface area (Å²) in [7, 11) is 0. The molecule has 0 fully saturated rings. The molecule has 4 heteroatoms. The Hall–Kier alpha value is -0.210. The van der Waals surface area contributed by atoms with E-state index in [1.165, 1.54) is 0 Å². The summed E-state index contributed by atoms with van der Waals surface area (Å²) in [6.07, 6.45) is 0. The van der Waals surface area contributed by atoms with Crippen molar-refractivity contribution in [3.05, 3.63) is 44.7 Å². The van der Waals surface area contributed by atoms with E-state index in [0.29, 0.717) is 15.1 Å². The van der Waals surface area contributed by atoms with Gasteiger partial charge in [0, 0.05) is 15.5 Å². The molecule has 0 spiro atoms. The van der Waals surface area contributed by atoms with Gasteiger partial charge in [-0.3, -0.25) is 0 Å². The monoisotopic (exact) mass is 262 g/mol. The Balaban J connectivity index is 2.64. The zero-order valence-corrected chi connectivity index (χ0v) is 10.0. The fourth-order valence-corrected chi connectivity index (χ4v) is 3.13. The predicted octanol–water partition coefficient (Wildman–Crippen LogP) is 5.38. The summed E-state index contributed by atoms with van der Waals surface area (Å²) in [5, 5.41) is 3.71. The van der Waals surface area contributed by atoms with E-state index < -0.39 is 0 Å². The first-order valence-corrected chi connectivity index (χ1v) is 5.88. The van der Waals surface area contributed by atoms with Crippen LogP contribution in [0, 0.1) is 0 Å². The molecule has 0 radical (unpaired) electrons. The summed E-state index contributed by atoms with van der Waals surface area (Å²) in [5.41, 5.74) is 0.854. The first-order chi connectivity index (χ1) is 6.68. The highest BCUT2D eigenvalue weighted by molar-refractivity contribution is 7.13. The van der Waals surface area contributed by atoms with Crippen molar-refractivity contribution in [1.82, 2.24) is 0 Å². The van der Waals surface area contributed by atoms with Gasteiger partial charge < -0.3 is 0 Å². The number of halogens is 3. The lowest BCUT2D eigenvalue weighted by Gasteiger charge is -2.04. The predicted molar refractivity (Wildman–Crippen MR) is 64.8 cm³/mol. The smallest absolute Gasteiger partial charge is 0.0522 e. The van der Waals surface area contributed by atoms with Crippen LogP contribution < -0.4 is 0 Å². The van der Waals surface area contributed by atoms with Gasteiger partial charge in [-0.25, -0.2) is 0 Å². The number of hydrogen-bond donors (Lipinski definition) is 0. The molecule has 72 valence electrons. The highest BCUT2D eigenvalue weighted by atomic mass is 35.5.